The first-order chi connectivity index (χ1) is 21.4. The van der Waals surface area contributed by atoms with Crippen molar-refractivity contribution in [2.45, 2.75) is 62.3 Å². The van der Waals surface area contributed by atoms with Crippen LogP contribution in [0.2, 0.25) is 0 Å². The minimum atomic E-state index is -5.12. The SMILES string of the molecule is NCCCC[C@@H]1C(=O)N2C[C@@H](NC(=O)Nc3cc(C(F)(F)F)cc(C(F)(F)F)c3)C[C@@H]2CN1C(=O)Nc1ccc(C(F)(F)F)cc1. The number of carbonyl (C=O) groups is 3. The number of unbranched alkanes of at least 4 members (excludes halogenated alkanes) is 1. The van der Waals surface area contributed by atoms with Crippen LogP contribution >= 0.6 is 0 Å². The number of amides is 5. The number of carbonyl (C=O) groups excluding carboxylic acids is 3. The number of halogens is 9. The molecule has 5 N–H and O–H groups in total. The molecule has 0 aromatic heterocycles. The van der Waals surface area contributed by atoms with Crippen molar-refractivity contribution in [2.75, 3.05) is 30.3 Å². The van der Waals surface area contributed by atoms with E-state index in [2.05, 4.69) is 10.6 Å². The molecule has 0 radical (unpaired) electrons. The molecule has 9 nitrogen and oxygen atoms in total. The molecule has 2 fully saturated rings. The van der Waals surface area contributed by atoms with E-state index in [1.807, 2.05) is 5.32 Å². The van der Waals surface area contributed by atoms with E-state index >= 15 is 0 Å². The van der Waals surface area contributed by atoms with Gasteiger partial charge in [0.1, 0.15) is 6.04 Å². The average Bonchev–Trinajstić information content (AvgIpc) is 3.35. The summed E-state index contributed by atoms with van der Waals surface area (Å²) in [5, 5.41) is 6.94. The predicted octanol–water partition coefficient (Wildman–Crippen LogP) is 5.88. The van der Waals surface area contributed by atoms with Gasteiger partial charge in [0.05, 0.1) is 28.8 Å². The van der Waals surface area contributed by atoms with Crippen LogP contribution in [0.15, 0.2) is 42.5 Å². The molecule has 0 bridgehead atoms. The second-order valence-corrected chi connectivity index (χ2v) is 10.9. The van der Waals surface area contributed by atoms with Crippen LogP contribution in [-0.4, -0.2) is 65.5 Å². The van der Waals surface area contributed by atoms with Crippen molar-refractivity contribution in [2.24, 2.45) is 5.73 Å². The van der Waals surface area contributed by atoms with Gasteiger partial charge in [0, 0.05) is 24.5 Å². The molecule has 4 rings (SSSR count). The lowest BCUT2D eigenvalue weighted by Crippen LogP contribution is -2.62. The predicted molar refractivity (Wildman–Crippen MR) is 146 cm³/mol. The van der Waals surface area contributed by atoms with Gasteiger partial charge >= 0.3 is 30.6 Å². The van der Waals surface area contributed by atoms with Crippen molar-refractivity contribution < 1.29 is 53.9 Å². The number of fused-ring (bicyclic) bond motifs is 1. The molecule has 46 heavy (non-hydrogen) atoms. The first-order valence-electron chi connectivity index (χ1n) is 14.0. The van der Waals surface area contributed by atoms with E-state index in [9.17, 15) is 53.9 Å². The molecule has 2 aliphatic heterocycles. The smallest absolute Gasteiger partial charge is 0.334 e. The second kappa shape index (κ2) is 13.3. The normalized spacial score (nSPS) is 20.4. The van der Waals surface area contributed by atoms with E-state index < -0.39 is 77.0 Å². The first kappa shape index (κ1) is 34.6. The van der Waals surface area contributed by atoms with Gasteiger partial charge in [0.25, 0.3) is 0 Å². The van der Waals surface area contributed by atoms with E-state index in [0.717, 1.165) is 24.3 Å². The Morgan fingerprint density at radius 1 is 0.783 bits per heavy atom. The van der Waals surface area contributed by atoms with Crippen LogP contribution in [0.4, 0.5) is 60.5 Å². The number of nitrogens with one attached hydrogen (secondary N) is 3. The number of hydrogen-bond donors (Lipinski definition) is 4. The third-order valence-corrected chi connectivity index (χ3v) is 7.60. The molecule has 0 spiro atoms. The molecule has 2 aromatic carbocycles. The largest absolute Gasteiger partial charge is 0.416 e. The van der Waals surface area contributed by atoms with Crippen molar-refractivity contribution >= 4 is 29.3 Å². The number of hydrogen-bond acceptors (Lipinski definition) is 4. The van der Waals surface area contributed by atoms with Gasteiger partial charge in [-0.3, -0.25) is 4.79 Å². The summed E-state index contributed by atoms with van der Waals surface area (Å²) >= 11 is 0. The maximum Gasteiger partial charge on any atom is 0.416 e. The van der Waals surface area contributed by atoms with Gasteiger partial charge in [-0.15, -0.1) is 0 Å². The molecule has 2 aliphatic rings. The standard InChI is InChI=1S/C28H29F9N6O3/c29-26(30,31)15-4-6-18(7-5-15)41-25(46)43-14-21-12-20(13-42(21)23(44)22(43)3-1-2-8-38)40-24(45)39-19-10-16(27(32,33)34)9-17(11-19)28(35,36)37/h4-7,9-11,20-22H,1-3,8,12-14,38H2,(H,41,46)(H2,39,40,45)/t20-,21+,22+/m0/s1. The fourth-order valence-electron chi connectivity index (χ4n) is 5.45. The third-order valence-electron chi connectivity index (χ3n) is 7.60. The summed E-state index contributed by atoms with van der Waals surface area (Å²) in [5.74, 6) is -0.465. The minimum absolute atomic E-state index is 0.0200. The number of nitrogens with two attached hydrogens (primary N) is 1. The van der Waals surface area contributed by atoms with Crippen molar-refractivity contribution in [3.05, 3.63) is 59.2 Å². The summed E-state index contributed by atoms with van der Waals surface area (Å²) < 4.78 is 118. The molecule has 5 amide bonds. The summed E-state index contributed by atoms with van der Waals surface area (Å²) in [6, 6.07) is 0.144. The highest BCUT2D eigenvalue weighted by Crippen LogP contribution is 2.38. The van der Waals surface area contributed by atoms with Gasteiger partial charge in [-0.05, 0) is 74.7 Å². The number of rotatable bonds is 7. The number of anilines is 2. The van der Waals surface area contributed by atoms with Crippen LogP contribution in [0.5, 0.6) is 0 Å². The minimum Gasteiger partial charge on any atom is -0.334 e. The van der Waals surface area contributed by atoms with Crippen LogP contribution < -0.4 is 21.7 Å². The van der Waals surface area contributed by atoms with Gasteiger partial charge in [-0.25, -0.2) is 9.59 Å². The second-order valence-electron chi connectivity index (χ2n) is 10.9. The third kappa shape index (κ3) is 8.32. The molecule has 2 heterocycles. The van der Waals surface area contributed by atoms with Crippen LogP contribution in [0, 0.1) is 0 Å². The van der Waals surface area contributed by atoms with E-state index in [-0.39, 0.29) is 37.7 Å². The number of benzene rings is 2. The molecule has 0 saturated carbocycles. The van der Waals surface area contributed by atoms with Crippen LogP contribution in [0.25, 0.3) is 0 Å². The van der Waals surface area contributed by atoms with Crippen molar-refractivity contribution in [3.63, 3.8) is 0 Å². The lowest BCUT2D eigenvalue weighted by atomic mass is 10.0. The Morgan fingerprint density at radius 3 is 1.91 bits per heavy atom. The number of urea groups is 2. The van der Waals surface area contributed by atoms with Crippen molar-refractivity contribution in [3.8, 4) is 0 Å². The average molecular weight is 669 g/mol. The molecule has 3 atom stereocenters. The number of alkyl halides is 9. The highest BCUT2D eigenvalue weighted by atomic mass is 19.4. The Hall–Kier alpha value is -4.22. The van der Waals surface area contributed by atoms with E-state index in [0.29, 0.717) is 31.5 Å². The number of piperazine rings is 1. The Bertz CT molecular complexity index is 1400. The van der Waals surface area contributed by atoms with E-state index in [1.54, 1.807) is 0 Å². The lowest BCUT2D eigenvalue weighted by molar-refractivity contribution is -0.143. The summed E-state index contributed by atoms with van der Waals surface area (Å²) in [4.78, 5) is 42.1. The topological polar surface area (TPSA) is 120 Å². The van der Waals surface area contributed by atoms with Crippen LogP contribution in [-0.2, 0) is 23.3 Å². The molecule has 2 aromatic rings. The fourth-order valence-corrected chi connectivity index (χ4v) is 5.45. The van der Waals surface area contributed by atoms with Gasteiger partial charge in [-0.1, -0.05) is 0 Å². The summed E-state index contributed by atoms with van der Waals surface area (Å²) in [6.07, 6.45) is -13.5. The Morgan fingerprint density at radius 2 is 1.37 bits per heavy atom. The Balaban J connectivity index is 1.46. The van der Waals surface area contributed by atoms with Gasteiger partial charge in [0.2, 0.25) is 5.91 Å². The maximum atomic E-state index is 13.5. The zero-order valence-corrected chi connectivity index (χ0v) is 23.8. The fraction of sp³-hybridized carbons (Fsp3) is 0.464. The van der Waals surface area contributed by atoms with E-state index in [4.69, 9.17) is 5.73 Å². The lowest BCUT2D eigenvalue weighted by Gasteiger charge is -2.42. The molecular formula is C28H29F9N6O3. The van der Waals surface area contributed by atoms with Crippen molar-refractivity contribution in [1.82, 2.24) is 15.1 Å². The highest BCUT2D eigenvalue weighted by molar-refractivity contribution is 5.95. The zero-order valence-electron chi connectivity index (χ0n) is 23.8. The van der Waals surface area contributed by atoms with Crippen LogP contribution in [0.1, 0.15) is 42.4 Å². The van der Waals surface area contributed by atoms with Gasteiger partial charge in [-0.2, -0.15) is 39.5 Å². The molecular weight excluding hydrogens is 639 g/mol. The van der Waals surface area contributed by atoms with E-state index in [1.165, 1.54) is 9.80 Å². The Labute approximate surface area is 256 Å². The quantitative estimate of drug-likeness (QED) is 0.218. The molecule has 18 heteroatoms. The highest BCUT2D eigenvalue weighted by Gasteiger charge is 2.47. The van der Waals surface area contributed by atoms with Gasteiger partial charge in [0.15, 0.2) is 0 Å². The van der Waals surface area contributed by atoms with Crippen LogP contribution in [0.3, 0.4) is 0 Å². The summed E-state index contributed by atoms with van der Waals surface area (Å²) in [6.45, 7) is 0.255. The summed E-state index contributed by atoms with van der Waals surface area (Å²) in [5.41, 5.74) is 0.711. The zero-order chi connectivity index (χ0) is 34.0. The maximum absolute atomic E-state index is 13.5. The van der Waals surface area contributed by atoms with Crippen molar-refractivity contribution in [1.29, 1.82) is 0 Å². The summed E-state index contributed by atoms with van der Waals surface area (Å²) in [7, 11) is 0. The Kier molecular flexibility index (Phi) is 9.98. The molecule has 0 unspecified atom stereocenters. The first-order valence-corrected chi connectivity index (χ1v) is 14.0. The molecule has 252 valence electrons. The monoisotopic (exact) mass is 668 g/mol. The molecule has 2 saturated heterocycles. The molecule has 0 aliphatic carbocycles. The van der Waals surface area contributed by atoms with Gasteiger partial charge < -0.3 is 31.5 Å². The number of nitrogens with zero attached hydrogens (tertiary/aromatic N) is 2.